The van der Waals surface area contributed by atoms with Crippen LogP contribution >= 0.6 is 0 Å². The van der Waals surface area contributed by atoms with Gasteiger partial charge in [-0.1, -0.05) is 35.2 Å². The van der Waals surface area contributed by atoms with Crippen LogP contribution in [0.1, 0.15) is 25.0 Å². The van der Waals surface area contributed by atoms with Crippen molar-refractivity contribution in [3.8, 4) is 11.8 Å². The molecule has 0 aromatic heterocycles. The summed E-state index contributed by atoms with van der Waals surface area (Å²) in [5.74, 6) is 5.30. The zero-order chi connectivity index (χ0) is 12.7. The van der Waals surface area contributed by atoms with Gasteiger partial charge in [0.2, 0.25) is 0 Å². The maximum Gasteiger partial charge on any atom is 0.303 e. The second-order valence-corrected chi connectivity index (χ2v) is 3.47. The lowest BCUT2D eigenvalue weighted by Crippen LogP contribution is -2.09. The third kappa shape index (κ3) is 4.47. The lowest BCUT2D eigenvalue weighted by Gasteiger charge is -2.03. The number of hydrogen-bond acceptors (Lipinski definition) is 4. The van der Waals surface area contributed by atoms with E-state index in [0.717, 1.165) is 11.1 Å². The van der Waals surface area contributed by atoms with E-state index in [-0.39, 0.29) is 12.5 Å². The molecule has 0 saturated carbocycles. The summed E-state index contributed by atoms with van der Waals surface area (Å²) in [6.45, 7) is 3.12. The summed E-state index contributed by atoms with van der Waals surface area (Å²) in [7, 11) is 0. The fourth-order valence-corrected chi connectivity index (χ4v) is 1.31. The van der Waals surface area contributed by atoms with E-state index < -0.39 is 6.10 Å². The van der Waals surface area contributed by atoms with Gasteiger partial charge in [-0.25, -0.2) is 0 Å². The van der Waals surface area contributed by atoms with Crippen molar-refractivity contribution < 1.29 is 9.53 Å². The number of nitrogens with zero attached hydrogens (tertiary/aromatic N) is 1. The van der Waals surface area contributed by atoms with Crippen LogP contribution in [0.5, 0.6) is 0 Å². The van der Waals surface area contributed by atoms with Crippen LogP contribution in [-0.2, 0) is 16.1 Å². The summed E-state index contributed by atoms with van der Waals surface area (Å²) in [6.07, 6.45) is -0.468. The summed E-state index contributed by atoms with van der Waals surface area (Å²) in [5, 5.41) is 2.84. The molecule has 0 N–H and O–H groups in total. The van der Waals surface area contributed by atoms with Gasteiger partial charge in [-0.05, 0) is 18.6 Å². The average molecular weight is 231 g/mol. The Morgan fingerprint density at radius 2 is 2.18 bits per heavy atom. The first-order valence-corrected chi connectivity index (χ1v) is 5.19. The third-order valence-electron chi connectivity index (χ3n) is 2.01. The Hall–Kier alpha value is -2.15. The Bertz CT molecular complexity index is 471. The number of carbonyl (C=O) groups is 1. The van der Waals surface area contributed by atoms with E-state index in [2.05, 4.69) is 17.0 Å². The monoisotopic (exact) mass is 231 g/mol. The molecule has 0 heterocycles. The van der Waals surface area contributed by atoms with Crippen LogP contribution in [-0.4, -0.2) is 12.1 Å². The first-order valence-electron chi connectivity index (χ1n) is 5.19. The van der Waals surface area contributed by atoms with Gasteiger partial charge < -0.3 is 4.74 Å². The molecule has 0 aliphatic heterocycles. The molecule has 1 aromatic carbocycles. The van der Waals surface area contributed by atoms with Crippen molar-refractivity contribution in [1.29, 1.82) is 0 Å². The molecule has 1 aromatic rings. The number of carbonyl (C=O) groups excluding carboxylic acids is 1. The zero-order valence-corrected chi connectivity index (χ0v) is 9.77. The Morgan fingerprint density at radius 3 is 2.82 bits per heavy atom. The molecule has 88 valence electrons. The minimum atomic E-state index is -0.468. The van der Waals surface area contributed by atoms with Gasteiger partial charge in [0, 0.05) is 12.5 Å². The standard InChI is InChI=1S/C13H13NO3/c1-10(17-11(2)15)7-8-12-5-3-4-6-13(12)9-14-16/h3-6,10H,9H2,1-2H3. The number of hydrogen-bond donors (Lipinski definition) is 0. The van der Waals surface area contributed by atoms with Crippen molar-refractivity contribution in [3.05, 3.63) is 40.3 Å². The fourth-order valence-electron chi connectivity index (χ4n) is 1.31. The lowest BCUT2D eigenvalue weighted by molar-refractivity contribution is -0.143. The summed E-state index contributed by atoms with van der Waals surface area (Å²) in [4.78, 5) is 20.9. The highest BCUT2D eigenvalue weighted by Crippen LogP contribution is 2.08. The van der Waals surface area contributed by atoms with Gasteiger partial charge >= 0.3 is 5.97 Å². The second-order valence-electron chi connectivity index (χ2n) is 3.47. The average Bonchev–Trinajstić information content (AvgIpc) is 2.27. The molecule has 0 aliphatic carbocycles. The Balaban J connectivity index is 2.83. The van der Waals surface area contributed by atoms with Crippen molar-refractivity contribution in [2.75, 3.05) is 0 Å². The van der Waals surface area contributed by atoms with Crippen molar-refractivity contribution >= 4 is 5.97 Å². The van der Waals surface area contributed by atoms with E-state index in [0.29, 0.717) is 0 Å². The summed E-state index contributed by atoms with van der Waals surface area (Å²) in [6, 6.07) is 7.24. The fraction of sp³-hybridized carbons (Fsp3) is 0.308. The molecule has 4 nitrogen and oxygen atoms in total. The SMILES string of the molecule is CC(=O)OC(C)C#Cc1ccccc1CN=O. The van der Waals surface area contributed by atoms with E-state index in [1.165, 1.54) is 6.92 Å². The quantitative estimate of drug-likeness (QED) is 0.455. The van der Waals surface area contributed by atoms with Crippen LogP contribution in [0, 0.1) is 16.7 Å². The molecule has 1 atom stereocenters. The van der Waals surface area contributed by atoms with E-state index in [1.54, 1.807) is 19.1 Å². The van der Waals surface area contributed by atoms with E-state index >= 15 is 0 Å². The van der Waals surface area contributed by atoms with Crippen molar-refractivity contribution in [3.63, 3.8) is 0 Å². The Labute approximate surface area is 100.0 Å². The maximum absolute atomic E-state index is 10.7. The highest BCUT2D eigenvalue weighted by molar-refractivity contribution is 5.66. The van der Waals surface area contributed by atoms with Crippen molar-refractivity contribution in [1.82, 2.24) is 0 Å². The van der Waals surface area contributed by atoms with Gasteiger partial charge in [0.15, 0.2) is 6.10 Å². The number of esters is 1. The number of benzene rings is 1. The normalized spacial score (nSPS) is 10.9. The molecular formula is C13H13NO3. The molecule has 0 spiro atoms. The number of nitroso groups, excluding NO2 is 1. The Kier molecular flexibility index (Phi) is 4.89. The zero-order valence-electron chi connectivity index (χ0n) is 9.77. The molecule has 0 fully saturated rings. The van der Waals surface area contributed by atoms with Crippen LogP contribution < -0.4 is 0 Å². The largest absolute Gasteiger partial charge is 0.450 e. The minimum Gasteiger partial charge on any atom is -0.450 e. The molecule has 0 bridgehead atoms. The summed E-state index contributed by atoms with van der Waals surface area (Å²) in [5.41, 5.74) is 1.50. The summed E-state index contributed by atoms with van der Waals surface area (Å²) < 4.78 is 4.87. The molecule has 4 heteroatoms. The molecule has 17 heavy (non-hydrogen) atoms. The van der Waals surface area contributed by atoms with E-state index in [1.807, 2.05) is 12.1 Å². The number of ether oxygens (including phenoxy) is 1. The third-order valence-corrected chi connectivity index (χ3v) is 2.01. The van der Waals surface area contributed by atoms with Gasteiger partial charge in [-0.2, -0.15) is 4.91 Å². The van der Waals surface area contributed by atoms with Gasteiger partial charge in [-0.3, -0.25) is 4.79 Å². The van der Waals surface area contributed by atoms with Gasteiger partial charge in [0.1, 0.15) is 6.54 Å². The molecule has 0 amide bonds. The van der Waals surface area contributed by atoms with Crippen LogP contribution in [0.25, 0.3) is 0 Å². The topological polar surface area (TPSA) is 55.7 Å². The smallest absolute Gasteiger partial charge is 0.303 e. The van der Waals surface area contributed by atoms with Gasteiger partial charge in [0.25, 0.3) is 0 Å². The van der Waals surface area contributed by atoms with Crippen LogP contribution in [0.15, 0.2) is 29.4 Å². The molecule has 0 radical (unpaired) electrons. The first kappa shape index (κ1) is 12.9. The van der Waals surface area contributed by atoms with Gasteiger partial charge in [0.05, 0.1) is 0 Å². The molecule has 0 saturated heterocycles. The predicted octanol–water partition coefficient (Wildman–Crippen LogP) is 2.26. The second kappa shape index (κ2) is 6.44. The van der Waals surface area contributed by atoms with Crippen LogP contribution in [0.3, 0.4) is 0 Å². The van der Waals surface area contributed by atoms with Crippen molar-refractivity contribution in [2.45, 2.75) is 26.5 Å². The molecule has 0 aliphatic rings. The van der Waals surface area contributed by atoms with Crippen molar-refractivity contribution in [2.24, 2.45) is 5.18 Å². The van der Waals surface area contributed by atoms with Crippen LogP contribution in [0.4, 0.5) is 0 Å². The highest BCUT2D eigenvalue weighted by Gasteiger charge is 2.01. The Morgan fingerprint density at radius 1 is 1.47 bits per heavy atom. The predicted molar refractivity (Wildman–Crippen MR) is 64.0 cm³/mol. The molecule has 1 rings (SSSR count). The maximum atomic E-state index is 10.7. The van der Waals surface area contributed by atoms with E-state index in [4.69, 9.17) is 4.74 Å². The lowest BCUT2D eigenvalue weighted by atomic mass is 10.1. The van der Waals surface area contributed by atoms with E-state index in [9.17, 15) is 9.70 Å². The van der Waals surface area contributed by atoms with Gasteiger partial charge in [-0.15, -0.1) is 0 Å². The first-order chi connectivity index (χ1) is 8.13. The molecular weight excluding hydrogens is 218 g/mol. The molecule has 1 unspecified atom stereocenters. The summed E-state index contributed by atoms with van der Waals surface area (Å²) >= 11 is 0. The number of rotatable bonds is 3. The van der Waals surface area contributed by atoms with Crippen LogP contribution in [0.2, 0.25) is 0 Å². The minimum absolute atomic E-state index is 0.0901. The highest BCUT2D eigenvalue weighted by atomic mass is 16.5.